The largest absolute Gasteiger partial charge is 0.481 e. The molecule has 0 spiro atoms. The van der Waals surface area contributed by atoms with Crippen LogP contribution in [0.25, 0.3) is 0 Å². The van der Waals surface area contributed by atoms with Gasteiger partial charge in [-0.15, -0.1) is 11.3 Å². The fourth-order valence-corrected chi connectivity index (χ4v) is 2.93. The van der Waals surface area contributed by atoms with Crippen molar-refractivity contribution in [1.29, 1.82) is 0 Å². The molecule has 0 saturated carbocycles. The summed E-state index contributed by atoms with van der Waals surface area (Å²) < 4.78 is 40.4. The lowest BCUT2D eigenvalue weighted by molar-refractivity contribution is -0.173. The van der Waals surface area contributed by atoms with Crippen LogP contribution in [0.1, 0.15) is 12.1 Å². The van der Waals surface area contributed by atoms with Gasteiger partial charge in [0.25, 0.3) is 0 Å². The zero-order valence-corrected chi connectivity index (χ0v) is 11.4. The van der Waals surface area contributed by atoms with Crippen molar-refractivity contribution >= 4 is 29.1 Å². The van der Waals surface area contributed by atoms with E-state index in [9.17, 15) is 18.0 Å². The molecule has 0 aliphatic carbocycles. The van der Waals surface area contributed by atoms with Crippen molar-refractivity contribution in [3.8, 4) is 0 Å². The molecule has 19 heavy (non-hydrogen) atoms. The fraction of sp³-hybridized carbons (Fsp3) is 0.600. The van der Waals surface area contributed by atoms with E-state index >= 15 is 0 Å². The summed E-state index contributed by atoms with van der Waals surface area (Å²) in [5.74, 6) is -0.361. The van der Waals surface area contributed by atoms with Crippen molar-refractivity contribution in [3.63, 3.8) is 0 Å². The minimum absolute atomic E-state index is 0.0415. The van der Waals surface area contributed by atoms with Crippen LogP contribution in [0.3, 0.4) is 0 Å². The van der Waals surface area contributed by atoms with Crippen LogP contribution < -0.4 is 0 Å². The van der Waals surface area contributed by atoms with Gasteiger partial charge >= 0.3 is 12.1 Å². The molecular weight excluding hydrogens is 303 g/mol. The van der Waals surface area contributed by atoms with E-state index in [-0.39, 0.29) is 13.0 Å². The molecule has 0 saturated heterocycles. The molecule has 1 rings (SSSR count). The summed E-state index contributed by atoms with van der Waals surface area (Å²) in [6, 6.07) is 0. The highest BCUT2D eigenvalue weighted by molar-refractivity contribution is 8.00. The third kappa shape index (κ3) is 8.06. The molecule has 0 amide bonds. The topological polar surface area (TPSA) is 59.4 Å². The number of halogens is 3. The van der Waals surface area contributed by atoms with Gasteiger partial charge in [0.1, 0.15) is 10.9 Å². The lowest BCUT2D eigenvalue weighted by Gasteiger charge is -2.06. The van der Waals surface area contributed by atoms with Gasteiger partial charge in [-0.25, -0.2) is 4.98 Å². The maximum Gasteiger partial charge on any atom is 0.411 e. The molecule has 0 unspecified atom stereocenters. The van der Waals surface area contributed by atoms with Gasteiger partial charge in [-0.2, -0.15) is 13.2 Å². The number of hydrogen-bond donors (Lipinski definition) is 1. The number of rotatable bonds is 8. The maximum atomic E-state index is 11.8. The van der Waals surface area contributed by atoms with Crippen molar-refractivity contribution in [2.24, 2.45) is 0 Å². The van der Waals surface area contributed by atoms with Crippen molar-refractivity contribution in [2.45, 2.75) is 23.4 Å². The predicted octanol–water partition coefficient (Wildman–Crippen LogP) is 2.83. The van der Waals surface area contributed by atoms with Crippen LogP contribution in [0.4, 0.5) is 13.2 Å². The molecule has 9 heteroatoms. The number of hydrogen-bond acceptors (Lipinski definition) is 5. The molecule has 0 aliphatic rings. The van der Waals surface area contributed by atoms with Gasteiger partial charge in [0.15, 0.2) is 0 Å². The van der Waals surface area contributed by atoms with Gasteiger partial charge in [-0.05, 0) is 6.42 Å². The Morgan fingerprint density at radius 3 is 2.89 bits per heavy atom. The molecule has 0 radical (unpaired) electrons. The molecule has 4 nitrogen and oxygen atoms in total. The average molecular weight is 315 g/mol. The Balaban J connectivity index is 2.12. The second-order valence-corrected chi connectivity index (χ2v) is 5.75. The van der Waals surface area contributed by atoms with Gasteiger partial charge in [0.05, 0.1) is 12.1 Å². The summed E-state index contributed by atoms with van der Waals surface area (Å²) >= 11 is 2.71. The number of aromatic nitrogens is 1. The second kappa shape index (κ2) is 7.71. The van der Waals surface area contributed by atoms with Gasteiger partial charge in [0.2, 0.25) is 0 Å². The maximum absolute atomic E-state index is 11.8. The molecule has 0 fully saturated rings. The summed E-state index contributed by atoms with van der Waals surface area (Å²) in [6.07, 6.45) is -3.92. The van der Waals surface area contributed by atoms with Crippen molar-refractivity contribution in [2.75, 3.05) is 19.0 Å². The van der Waals surface area contributed by atoms with E-state index in [0.29, 0.717) is 22.2 Å². The Morgan fingerprint density at radius 2 is 2.26 bits per heavy atom. The summed E-state index contributed by atoms with van der Waals surface area (Å²) in [6.45, 7) is -1.18. The van der Waals surface area contributed by atoms with Crippen LogP contribution in [0.5, 0.6) is 0 Å². The predicted molar refractivity (Wildman–Crippen MR) is 65.7 cm³/mol. The van der Waals surface area contributed by atoms with Crippen molar-refractivity contribution in [3.05, 3.63) is 11.1 Å². The monoisotopic (exact) mass is 315 g/mol. The Kier molecular flexibility index (Phi) is 6.59. The molecule has 0 aromatic carbocycles. The van der Waals surface area contributed by atoms with E-state index < -0.39 is 18.8 Å². The summed E-state index contributed by atoms with van der Waals surface area (Å²) in [5, 5.41) is 10.2. The quantitative estimate of drug-likeness (QED) is 0.590. The first-order chi connectivity index (χ1) is 8.87. The van der Waals surface area contributed by atoms with Crippen LogP contribution in [-0.4, -0.2) is 41.2 Å². The smallest absolute Gasteiger partial charge is 0.411 e. The normalized spacial score (nSPS) is 11.7. The third-order valence-electron chi connectivity index (χ3n) is 1.79. The fourth-order valence-electron chi connectivity index (χ4n) is 1.10. The van der Waals surface area contributed by atoms with E-state index in [0.717, 1.165) is 0 Å². The number of alkyl halides is 3. The number of carboxylic acids is 1. The van der Waals surface area contributed by atoms with Gasteiger partial charge < -0.3 is 9.84 Å². The minimum Gasteiger partial charge on any atom is -0.481 e. The number of thiazole rings is 1. The number of aliphatic carboxylic acids is 1. The standard InChI is InChI=1S/C10H12F3NO3S2/c11-10(12,13)6-17-2-1-3-18-9-14-7(5-19-9)4-8(15)16/h5H,1-4,6H2,(H,15,16). The first kappa shape index (κ1) is 16.3. The highest BCUT2D eigenvalue weighted by Gasteiger charge is 2.27. The molecule has 0 bridgehead atoms. The van der Waals surface area contributed by atoms with E-state index in [1.165, 1.54) is 23.1 Å². The molecule has 1 N–H and O–H groups in total. The van der Waals surface area contributed by atoms with Crippen molar-refractivity contribution < 1.29 is 27.8 Å². The second-order valence-electron chi connectivity index (χ2n) is 3.55. The molecule has 108 valence electrons. The van der Waals surface area contributed by atoms with Crippen LogP contribution in [-0.2, 0) is 16.0 Å². The average Bonchev–Trinajstić information content (AvgIpc) is 2.68. The first-order valence-electron chi connectivity index (χ1n) is 5.30. The molecule has 1 heterocycles. The number of thioether (sulfide) groups is 1. The van der Waals surface area contributed by atoms with Gasteiger partial charge in [-0.3, -0.25) is 4.79 Å². The third-order valence-corrected chi connectivity index (χ3v) is 3.94. The van der Waals surface area contributed by atoms with E-state index in [1.54, 1.807) is 5.38 Å². The summed E-state index contributed by atoms with van der Waals surface area (Å²) in [5.41, 5.74) is 0.494. The molecular formula is C10H12F3NO3S2. The lowest BCUT2D eigenvalue weighted by atomic mass is 10.3. The highest BCUT2D eigenvalue weighted by Crippen LogP contribution is 2.23. The molecule has 0 aliphatic heterocycles. The Morgan fingerprint density at radius 1 is 1.53 bits per heavy atom. The van der Waals surface area contributed by atoms with Crippen molar-refractivity contribution in [1.82, 2.24) is 4.98 Å². The number of carbonyl (C=O) groups is 1. The minimum atomic E-state index is -4.28. The lowest BCUT2D eigenvalue weighted by Crippen LogP contribution is -2.17. The zero-order valence-electron chi connectivity index (χ0n) is 9.77. The molecule has 0 atom stereocenters. The summed E-state index contributed by atoms with van der Waals surface area (Å²) in [7, 11) is 0. The number of nitrogens with zero attached hydrogens (tertiary/aromatic N) is 1. The van der Waals surface area contributed by atoms with E-state index in [4.69, 9.17) is 5.11 Å². The number of carboxylic acid groups (broad SMARTS) is 1. The molecule has 1 aromatic heterocycles. The molecule has 1 aromatic rings. The van der Waals surface area contributed by atoms with Crippen LogP contribution in [0.2, 0.25) is 0 Å². The van der Waals surface area contributed by atoms with Crippen LogP contribution in [0, 0.1) is 0 Å². The Labute approximate surface area is 116 Å². The van der Waals surface area contributed by atoms with Gasteiger partial charge in [0, 0.05) is 17.7 Å². The van der Waals surface area contributed by atoms with Crippen LogP contribution in [0.15, 0.2) is 9.72 Å². The first-order valence-corrected chi connectivity index (χ1v) is 7.17. The summed E-state index contributed by atoms with van der Waals surface area (Å²) in [4.78, 5) is 14.5. The van der Waals surface area contributed by atoms with Crippen LogP contribution >= 0.6 is 23.1 Å². The van der Waals surface area contributed by atoms with E-state index in [2.05, 4.69) is 9.72 Å². The number of ether oxygens (including phenoxy) is 1. The van der Waals surface area contributed by atoms with E-state index in [1.807, 2.05) is 0 Å². The highest BCUT2D eigenvalue weighted by atomic mass is 32.2. The van der Waals surface area contributed by atoms with Gasteiger partial charge in [-0.1, -0.05) is 11.8 Å². The zero-order chi connectivity index (χ0) is 14.3. The Hall–Kier alpha value is -0.800. The SMILES string of the molecule is O=C(O)Cc1csc(SCCCOCC(F)(F)F)n1. The Bertz CT molecular complexity index is 409.